The van der Waals surface area contributed by atoms with Crippen molar-refractivity contribution in [3.8, 4) is 0 Å². The molecular weight excluding hydrogens is 226 g/mol. The molecule has 0 radical (unpaired) electrons. The van der Waals surface area contributed by atoms with Gasteiger partial charge in [-0.25, -0.2) is 4.98 Å². The van der Waals surface area contributed by atoms with Crippen molar-refractivity contribution in [2.45, 2.75) is 34.1 Å². The fraction of sp³-hybridized carbons (Fsp3) is 0.571. The molecule has 100 valence electrons. The van der Waals surface area contributed by atoms with Gasteiger partial charge in [0.15, 0.2) is 0 Å². The van der Waals surface area contributed by atoms with Crippen LogP contribution in [0.1, 0.15) is 43.2 Å². The Kier molecular flexibility index (Phi) is 4.70. The maximum atomic E-state index is 12.1. The maximum absolute atomic E-state index is 12.1. The van der Waals surface area contributed by atoms with E-state index in [4.69, 9.17) is 0 Å². The number of carbonyl (C=O) groups excluding carboxylic acids is 1. The largest absolute Gasteiger partial charge is 0.373 e. The van der Waals surface area contributed by atoms with Gasteiger partial charge in [0.1, 0.15) is 5.82 Å². The Labute approximate surface area is 109 Å². The molecule has 4 nitrogen and oxygen atoms in total. The van der Waals surface area contributed by atoms with E-state index in [2.05, 4.69) is 36.4 Å². The average molecular weight is 249 g/mol. The molecule has 1 amide bonds. The van der Waals surface area contributed by atoms with Crippen molar-refractivity contribution in [3.63, 3.8) is 0 Å². The van der Waals surface area contributed by atoms with Gasteiger partial charge < -0.3 is 10.6 Å². The van der Waals surface area contributed by atoms with Gasteiger partial charge in [-0.2, -0.15) is 0 Å². The highest BCUT2D eigenvalue weighted by molar-refractivity contribution is 5.95. The summed E-state index contributed by atoms with van der Waals surface area (Å²) in [7, 11) is 1.80. The summed E-state index contributed by atoms with van der Waals surface area (Å²) in [6.45, 7) is 8.97. The summed E-state index contributed by atoms with van der Waals surface area (Å²) in [5, 5.41) is 5.93. The van der Waals surface area contributed by atoms with Crippen LogP contribution in [-0.2, 0) is 0 Å². The lowest BCUT2D eigenvalue weighted by Gasteiger charge is -2.22. The number of anilines is 1. The number of amides is 1. The molecule has 4 heteroatoms. The number of rotatable bonds is 5. The lowest BCUT2D eigenvalue weighted by atomic mass is 9.90. The van der Waals surface area contributed by atoms with Crippen molar-refractivity contribution in [2.75, 3.05) is 18.9 Å². The first kappa shape index (κ1) is 14.5. The number of nitrogens with one attached hydrogen (secondary N) is 2. The standard InChI is InChI=1S/C14H23N3O/c1-6-14(3,4)9-16-13(18)11-7-10(2)17-12(8-11)15-5/h7-8H,6,9H2,1-5H3,(H,15,17)(H,16,18). The first-order chi connectivity index (χ1) is 8.38. The summed E-state index contributed by atoms with van der Waals surface area (Å²) in [4.78, 5) is 16.3. The van der Waals surface area contributed by atoms with Gasteiger partial charge in [-0.1, -0.05) is 20.8 Å². The molecule has 2 N–H and O–H groups in total. The molecule has 1 heterocycles. The van der Waals surface area contributed by atoms with E-state index < -0.39 is 0 Å². The second-order valence-electron chi connectivity index (χ2n) is 5.33. The number of aryl methyl sites for hydroxylation is 1. The van der Waals surface area contributed by atoms with Crippen molar-refractivity contribution < 1.29 is 4.79 Å². The fourth-order valence-electron chi connectivity index (χ4n) is 1.47. The predicted molar refractivity (Wildman–Crippen MR) is 74.9 cm³/mol. The molecule has 18 heavy (non-hydrogen) atoms. The van der Waals surface area contributed by atoms with E-state index in [9.17, 15) is 4.79 Å². The van der Waals surface area contributed by atoms with Crippen LogP contribution in [0.2, 0.25) is 0 Å². The van der Waals surface area contributed by atoms with E-state index in [0.29, 0.717) is 12.1 Å². The highest BCUT2D eigenvalue weighted by Gasteiger charge is 2.17. The average Bonchev–Trinajstić information content (AvgIpc) is 2.35. The maximum Gasteiger partial charge on any atom is 0.251 e. The summed E-state index contributed by atoms with van der Waals surface area (Å²) in [6.07, 6.45) is 1.03. The highest BCUT2D eigenvalue weighted by Crippen LogP contribution is 2.18. The van der Waals surface area contributed by atoms with E-state index in [0.717, 1.165) is 17.9 Å². The molecule has 0 unspecified atom stereocenters. The summed E-state index contributed by atoms with van der Waals surface area (Å²) in [6, 6.07) is 3.57. The van der Waals surface area contributed by atoms with E-state index in [1.807, 2.05) is 6.92 Å². The molecule has 0 aliphatic heterocycles. The van der Waals surface area contributed by atoms with E-state index in [1.54, 1.807) is 19.2 Å². The number of hydrogen-bond acceptors (Lipinski definition) is 3. The van der Waals surface area contributed by atoms with Crippen molar-refractivity contribution in [1.82, 2.24) is 10.3 Å². The summed E-state index contributed by atoms with van der Waals surface area (Å²) in [5.74, 6) is 0.674. The van der Waals surface area contributed by atoms with Gasteiger partial charge in [-0.15, -0.1) is 0 Å². The predicted octanol–water partition coefficient (Wildman–Crippen LogP) is 2.60. The topological polar surface area (TPSA) is 54.0 Å². The van der Waals surface area contributed by atoms with Gasteiger partial charge in [0.25, 0.3) is 5.91 Å². The Hall–Kier alpha value is -1.58. The Bertz CT molecular complexity index is 427. The van der Waals surface area contributed by atoms with Gasteiger partial charge in [0.2, 0.25) is 0 Å². The second-order valence-corrected chi connectivity index (χ2v) is 5.33. The number of nitrogens with zero attached hydrogens (tertiary/aromatic N) is 1. The first-order valence-corrected chi connectivity index (χ1v) is 6.32. The summed E-state index contributed by atoms with van der Waals surface area (Å²) in [5.41, 5.74) is 1.62. The third-order valence-corrected chi connectivity index (χ3v) is 3.16. The Morgan fingerprint density at radius 3 is 2.61 bits per heavy atom. The van der Waals surface area contributed by atoms with E-state index in [1.165, 1.54) is 0 Å². The Morgan fingerprint density at radius 1 is 1.39 bits per heavy atom. The molecule has 0 bridgehead atoms. The van der Waals surface area contributed by atoms with Crippen molar-refractivity contribution in [1.29, 1.82) is 0 Å². The number of carbonyl (C=O) groups is 1. The Morgan fingerprint density at radius 2 is 2.06 bits per heavy atom. The molecule has 0 aliphatic carbocycles. The van der Waals surface area contributed by atoms with Crippen LogP contribution in [0.25, 0.3) is 0 Å². The van der Waals surface area contributed by atoms with Crippen LogP contribution in [0.15, 0.2) is 12.1 Å². The summed E-state index contributed by atoms with van der Waals surface area (Å²) >= 11 is 0. The minimum absolute atomic E-state index is 0.0430. The van der Waals surface area contributed by atoms with Crippen LogP contribution in [0, 0.1) is 12.3 Å². The first-order valence-electron chi connectivity index (χ1n) is 6.32. The molecule has 0 fully saturated rings. The molecule has 1 rings (SSSR count). The lowest BCUT2D eigenvalue weighted by Crippen LogP contribution is -2.33. The summed E-state index contributed by atoms with van der Waals surface area (Å²) < 4.78 is 0. The second kappa shape index (κ2) is 5.85. The normalized spacial score (nSPS) is 11.2. The zero-order valence-electron chi connectivity index (χ0n) is 11.9. The molecule has 0 atom stereocenters. The van der Waals surface area contributed by atoms with Gasteiger partial charge in [-0.3, -0.25) is 4.79 Å². The SMILES string of the molecule is CCC(C)(C)CNC(=O)c1cc(C)nc(NC)c1. The number of aromatic nitrogens is 1. The van der Waals surface area contributed by atoms with Crippen LogP contribution in [0.3, 0.4) is 0 Å². The fourth-order valence-corrected chi connectivity index (χ4v) is 1.47. The molecule has 0 aliphatic rings. The molecule has 1 aromatic heterocycles. The van der Waals surface area contributed by atoms with E-state index >= 15 is 0 Å². The zero-order valence-corrected chi connectivity index (χ0v) is 11.9. The van der Waals surface area contributed by atoms with Crippen molar-refractivity contribution in [2.24, 2.45) is 5.41 Å². The van der Waals surface area contributed by atoms with E-state index in [-0.39, 0.29) is 11.3 Å². The highest BCUT2D eigenvalue weighted by atomic mass is 16.1. The van der Waals surface area contributed by atoms with Crippen molar-refractivity contribution >= 4 is 11.7 Å². The molecule has 0 saturated carbocycles. The van der Waals surface area contributed by atoms with Crippen molar-refractivity contribution in [3.05, 3.63) is 23.4 Å². The van der Waals surface area contributed by atoms with Gasteiger partial charge in [-0.05, 0) is 30.9 Å². The molecular formula is C14H23N3O. The third kappa shape index (κ3) is 4.02. The number of pyridine rings is 1. The van der Waals surface area contributed by atoms with Crippen LogP contribution in [0.4, 0.5) is 5.82 Å². The monoisotopic (exact) mass is 249 g/mol. The van der Waals surface area contributed by atoms with Gasteiger partial charge in [0.05, 0.1) is 0 Å². The van der Waals surface area contributed by atoms with Gasteiger partial charge >= 0.3 is 0 Å². The zero-order chi connectivity index (χ0) is 13.8. The molecule has 0 aromatic carbocycles. The lowest BCUT2D eigenvalue weighted by molar-refractivity contribution is 0.0935. The van der Waals surface area contributed by atoms with Crippen LogP contribution >= 0.6 is 0 Å². The molecule has 0 saturated heterocycles. The number of hydrogen-bond donors (Lipinski definition) is 2. The smallest absolute Gasteiger partial charge is 0.251 e. The van der Waals surface area contributed by atoms with Crippen LogP contribution in [-0.4, -0.2) is 24.5 Å². The Balaban J connectivity index is 2.75. The van der Waals surface area contributed by atoms with Gasteiger partial charge in [0, 0.05) is 24.8 Å². The molecule has 1 aromatic rings. The minimum Gasteiger partial charge on any atom is -0.373 e. The van der Waals surface area contributed by atoms with Crippen LogP contribution < -0.4 is 10.6 Å². The van der Waals surface area contributed by atoms with Crippen LogP contribution in [0.5, 0.6) is 0 Å². The minimum atomic E-state index is -0.0430. The quantitative estimate of drug-likeness (QED) is 0.843. The molecule has 0 spiro atoms. The third-order valence-electron chi connectivity index (χ3n) is 3.16.